The van der Waals surface area contributed by atoms with E-state index in [0.717, 1.165) is 29.7 Å². The summed E-state index contributed by atoms with van der Waals surface area (Å²) in [5.41, 5.74) is 3.19. The summed E-state index contributed by atoms with van der Waals surface area (Å²) in [6, 6.07) is 13.9. The van der Waals surface area contributed by atoms with Gasteiger partial charge in [-0.2, -0.15) is 0 Å². The van der Waals surface area contributed by atoms with Gasteiger partial charge in [-0.3, -0.25) is 0 Å². The molecule has 3 aromatic rings. The lowest BCUT2D eigenvalue weighted by atomic mass is 10.1. The zero-order valence-electron chi connectivity index (χ0n) is 11.6. The third-order valence-electron chi connectivity index (χ3n) is 3.54. The van der Waals surface area contributed by atoms with Crippen LogP contribution in [0.25, 0.3) is 11.0 Å². The van der Waals surface area contributed by atoms with Gasteiger partial charge >= 0.3 is 0 Å². The van der Waals surface area contributed by atoms with Gasteiger partial charge in [0.15, 0.2) is 4.77 Å². The van der Waals surface area contributed by atoms with Crippen molar-refractivity contribution in [3.05, 3.63) is 57.8 Å². The summed E-state index contributed by atoms with van der Waals surface area (Å²) >= 11 is 11.6. The zero-order valence-corrected chi connectivity index (χ0v) is 13.2. The number of aryl methyl sites for hydroxylation is 2. The number of hydrogen-bond donors (Lipinski definition) is 1. The van der Waals surface area contributed by atoms with Crippen LogP contribution in [0.1, 0.15) is 5.56 Å². The van der Waals surface area contributed by atoms with Gasteiger partial charge in [-0.1, -0.05) is 29.8 Å². The summed E-state index contributed by atoms with van der Waals surface area (Å²) in [4.78, 5) is 3.18. The number of imidazole rings is 1. The lowest BCUT2D eigenvalue weighted by Gasteiger charge is -2.06. The van der Waals surface area contributed by atoms with E-state index in [1.807, 2.05) is 30.3 Å². The number of nitrogens with zero attached hydrogens (tertiary/aromatic N) is 1. The third-order valence-corrected chi connectivity index (χ3v) is 4.18. The number of methoxy groups -OCH3 is 1. The first-order valence-corrected chi connectivity index (χ1v) is 7.47. The molecule has 0 unspecified atom stereocenters. The molecule has 3 nitrogen and oxygen atoms in total. The Morgan fingerprint density at radius 3 is 2.67 bits per heavy atom. The van der Waals surface area contributed by atoms with E-state index >= 15 is 0 Å². The van der Waals surface area contributed by atoms with Crippen molar-refractivity contribution in [3.8, 4) is 5.75 Å². The molecule has 2 aromatic carbocycles. The summed E-state index contributed by atoms with van der Waals surface area (Å²) in [5.74, 6) is 0.870. The second kappa shape index (κ2) is 5.92. The molecule has 108 valence electrons. The standard InChI is InChI=1S/C16H15ClN2OS/c1-20-12-7-5-11(6-8-12)9-10-19-14-4-2-3-13(17)15(14)18-16(19)21/h2-8H,9-10H2,1H3,(H,18,21). The minimum Gasteiger partial charge on any atom is -0.497 e. The Labute approximate surface area is 133 Å². The molecule has 1 aromatic heterocycles. The van der Waals surface area contributed by atoms with Crippen molar-refractivity contribution in [1.29, 1.82) is 0 Å². The van der Waals surface area contributed by atoms with Gasteiger partial charge in [-0.15, -0.1) is 0 Å². The number of fused-ring (bicyclic) bond motifs is 1. The fourth-order valence-electron chi connectivity index (χ4n) is 2.40. The quantitative estimate of drug-likeness (QED) is 0.712. The topological polar surface area (TPSA) is 29.9 Å². The molecule has 5 heteroatoms. The highest BCUT2D eigenvalue weighted by Crippen LogP contribution is 2.23. The molecule has 0 aliphatic heterocycles. The number of benzene rings is 2. The van der Waals surface area contributed by atoms with E-state index in [4.69, 9.17) is 28.6 Å². The highest BCUT2D eigenvalue weighted by Gasteiger charge is 2.07. The smallest absolute Gasteiger partial charge is 0.178 e. The second-order valence-corrected chi connectivity index (χ2v) is 5.61. The van der Waals surface area contributed by atoms with E-state index in [-0.39, 0.29) is 0 Å². The van der Waals surface area contributed by atoms with Crippen LogP contribution in [0.3, 0.4) is 0 Å². The van der Waals surface area contributed by atoms with E-state index < -0.39 is 0 Å². The molecule has 0 amide bonds. The van der Waals surface area contributed by atoms with Gasteiger partial charge < -0.3 is 14.3 Å². The molecule has 1 heterocycles. The van der Waals surface area contributed by atoms with Crippen LogP contribution in [-0.4, -0.2) is 16.7 Å². The summed E-state index contributed by atoms with van der Waals surface area (Å²) in [6.45, 7) is 0.811. The van der Waals surface area contributed by atoms with Crippen molar-refractivity contribution in [2.24, 2.45) is 0 Å². The van der Waals surface area contributed by atoms with Crippen LogP contribution in [0.15, 0.2) is 42.5 Å². The number of aromatic nitrogens is 2. The number of H-pyrrole nitrogens is 1. The van der Waals surface area contributed by atoms with Crippen LogP contribution >= 0.6 is 23.8 Å². The lowest BCUT2D eigenvalue weighted by molar-refractivity contribution is 0.414. The normalized spacial score (nSPS) is 11.0. The summed E-state index contributed by atoms with van der Waals surface area (Å²) in [7, 11) is 1.67. The van der Waals surface area contributed by atoms with Crippen molar-refractivity contribution in [3.63, 3.8) is 0 Å². The van der Waals surface area contributed by atoms with E-state index in [1.165, 1.54) is 5.56 Å². The Hall–Kier alpha value is -1.78. The van der Waals surface area contributed by atoms with Gasteiger partial charge in [0.1, 0.15) is 5.75 Å². The number of rotatable bonds is 4. The van der Waals surface area contributed by atoms with Crippen molar-refractivity contribution in [2.45, 2.75) is 13.0 Å². The van der Waals surface area contributed by atoms with Crippen LogP contribution in [0.5, 0.6) is 5.75 Å². The van der Waals surface area contributed by atoms with E-state index in [1.54, 1.807) is 7.11 Å². The molecule has 0 saturated heterocycles. The molecule has 1 N–H and O–H groups in total. The molecule has 0 atom stereocenters. The minimum absolute atomic E-state index is 0.696. The molecule has 0 fully saturated rings. The van der Waals surface area contributed by atoms with E-state index in [2.05, 4.69) is 21.7 Å². The average molecular weight is 319 g/mol. The maximum atomic E-state index is 6.19. The molecular weight excluding hydrogens is 304 g/mol. The molecule has 0 bridgehead atoms. The van der Waals surface area contributed by atoms with Gasteiger partial charge in [-0.05, 0) is 48.5 Å². The summed E-state index contributed by atoms with van der Waals surface area (Å²) in [5, 5.41) is 0.696. The first kappa shape index (κ1) is 14.2. The Morgan fingerprint density at radius 1 is 1.19 bits per heavy atom. The summed E-state index contributed by atoms with van der Waals surface area (Å²) in [6.07, 6.45) is 0.901. The van der Waals surface area contributed by atoms with Crippen LogP contribution in [0, 0.1) is 4.77 Å². The Kier molecular flexibility index (Phi) is 3.99. The minimum atomic E-state index is 0.696. The predicted octanol–water partition coefficient (Wildman–Crippen LogP) is 4.60. The highest BCUT2D eigenvalue weighted by molar-refractivity contribution is 7.71. The van der Waals surface area contributed by atoms with Crippen molar-refractivity contribution < 1.29 is 4.74 Å². The largest absolute Gasteiger partial charge is 0.497 e. The highest BCUT2D eigenvalue weighted by atomic mass is 35.5. The van der Waals surface area contributed by atoms with Crippen LogP contribution in [0.4, 0.5) is 0 Å². The monoisotopic (exact) mass is 318 g/mol. The Bertz CT molecular complexity index is 820. The number of aromatic amines is 1. The molecule has 0 saturated carbocycles. The first-order valence-electron chi connectivity index (χ1n) is 6.69. The fraction of sp³-hybridized carbons (Fsp3) is 0.188. The predicted molar refractivity (Wildman–Crippen MR) is 88.8 cm³/mol. The Morgan fingerprint density at radius 2 is 1.95 bits per heavy atom. The van der Waals surface area contributed by atoms with E-state index in [9.17, 15) is 0 Å². The van der Waals surface area contributed by atoms with Gasteiger partial charge in [0.05, 0.1) is 23.2 Å². The zero-order chi connectivity index (χ0) is 14.8. The molecule has 0 spiro atoms. The van der Waals surface area contributed by atoms with Crippen molar-refractivity contribution >= 4 is 34.9 Å². The van der Waals surface area contributed by atoms with Gasteiger partial charge in [-0.25, -0.2) is 0 Å². The second-order valence-electron chi connectivity index (χ2n) is 4.81. The number of ether oxygens (including phenoxy) is 1. The number of nitrogens with one attached hydrogen (secondary N) is 1. The third kappa shape index (κ3) is 2.82. The maximum Gasteiger partial charge on any atom is 0.178 e. The van der Waals surface area contributed by atoms with Gasteiger partial charge in [0.25, 0.3) is 0 Å². The lowest BCUT2D eigenvalue weighted by Crippen LogP contribution is -2.01. The fourth-order valence-corrected chi connectivity index (χ4v) is 2.91. The van der Waals surface area contributed by atoms with E-state index in [0.29, 0.717) is 9.79 Å². The number of halogens is 1. The van der Waals surface area contributed by atoms with Crippen LogP contribution in [0.2, 0.25) is 5.02 Å². The van der Waals surface area contributed by atoms with Crippen molar-refractivity contribution in [2.75, 3.05) is 7.11 Å². The summed E-state index contributed by atoms with van der Waals surface area (Å²) < 4.78 is 7.95. The average Bonchev–Trinajstić information content (AvgIpc) is 2.83. The molecule has 0 radical (unpaired) electrons. The maximum absolute atomic E-state index is 6.19. The molecule has 21 heavy (non-hydrogen) atoms. The number of hydrogen-bond acceptors (Lipinski definition) is 2. The first-order chi connectivity index (χ1) is 10.2. The molecule has 0 aliphatic rings. The van der Waals surface area contributed by atoms with Gasteiger partial charge in [0, 0.05) is 6.54 Å². The SMILES string of the molecule is COc1ccc(CCn2c(=S)[nH]c3c(Cl)cccc32)cc1. The molecule has 0 aliphatic carbocycles. The molecule has 3 rings (SSSR count). The Balaban J connectivity index is 1.86. The van der Waals surface area contributed by atoms with Crippen molar-refractivity contribution in [1.82, 2.24) is 9.55 Å². The van der Waals surface area contributed by atoms with Crippen LogP contribution in [-0.2, 0) is 13.0 Å². The van der Waals surface area contributed by atoms with Gasteiger partial charge in [0.2, 0.25) is 0 Å². The number of para-hydroxylation sites is 1. The van der Waals surface area contributed by atoms with Crippen LogP contribution < -0.4 is 4.74 Å². The molecular formula is C16H15ClN2OS.